The van der Waals surface area contributed by atoms with Crippen LogP contribution < -0.4 is 5.73 Å². The second kappa shape index (κ2) is 8.62. The van der Waals surface area contributed by atoms with Gasteiger partial charge in [-0.2, -0.15) is 0 Å². The number of benzene rings is 1. The summed E-state index contributed by atoms with van der Waals surface area (Å²) in [6.07, 6.45) is 1.46. The lowest BCUT2D eigenvalue weighted by Crippen LogP contribution is -2.30. The molecule has 0 aliphatic heterocycles. The van der Waals surface area contributed by atoms with E-state index in [1.165, 1.54) is 0 Å². The van der Waals surface area contributed by atoms with Gasteiger partial charge in [-0.1, -0.05) is 37.0 Å². The Balaban J connectivity index is 2.61. The largest absolute Gasteiger partial charge is 0.341 e. The predicted octanol–water partition coefficient (Wildman–Crippen LogP) is 3.96. The van der Waals surface area contributed by atoms with Crippen LogP contribution >= 0.6 is 23.2 Å². The maximum Gasteiger partial charge on any atom is 0.222 e. The molecule has 3 nitrogen and oxygen atoms in total. The SMILES string of the molecule is CC(C)CC(CN)CC(=O)N(C)Cc1cc(Cl)cc(Cl)c1. The summed E-state index contributed by atoms with van der Waals surface area (Å²) in [6, 6.07) is 5.33. The number of nitrogens with zero attached hydrogens (tertiary/aromatic N) is 1. The zero-order valence-electron chi connectivity index (χ0n) is 12.9. The predicted molar refractivity (Wildman–Crippen MR) is 89.6 cm³/mol. The van der Waals surface area contributed by atoms with Gasteiger partial charge in [0.15, 0.2) is 0 Å². The van der Waals surface area contributed by atoms with E-state index in [2.05, 4.69) is 13.8 Å². The third kappa shape index (κ3) is 6.68. The maximum atomic E-state index is 12.3. The molecular formula is C16H24Cl2N2O. The highest BCUT2D eigenvalue weighted by Crippen LogP contribution is 2.21. The minimum atomic E-state index is 0.0993. The molecule has 0 aromatic heterocycles. The summed E-state index contributed by atoms with van der Waals surface area (Å²) in [4.78, 5) is 14.0. The van der Waals surface area contributed by atoms with Gasteiger partial charge in [0.1, 0.15) is 0 Å². The van der Waals surface area contributed by atoms with Crippen LogP contribution in [0.2, 0.25) is 10.0 Å². The van der Waals surface area contributed by atoms with Gasteiger partial charge in [-0.3, -0.25) is 4.79 Å². The van der Waals surface area contributed by atoms with Gasteiger partial charge in [0.05, 0.1) is 0 Å². The molecule has 0 saturated carbocycles. The first-order valence-corrected chi connectivity index (χ1v) is 7.96. The fraction of sp³-hybridized carbons (Fsp3) is 0.562. The summed E-state index contributed by atoms with van der Waals surface area (Å²) in [5, 5.41) is 1.16. The Morgan fingerprint density at radius 2 is 1.81 bits per heavy atom. The van der Waals surface area contributed by atoms with Crippen LogP contribution in [0.1, 0.15) is 32.3 Å². The average Bonchev–Trinajstić information content (AvgIpc) is 2.35. The lowest BCUT2D eigenvalue weighted by atomic mass is 9.94. The molecule has 0 bridgehead atoms. The van der Waals surface area contributed by atoms with Crippen LogP contribution in [-0.4, -0.2) is 24.4 Å². The van der Waals surface area contributed by atoms with Crippen molar-refractivity contribution in [3.8, 4) is 0 Å². The van der Waals surface area contributed by atoms with E-state index in [-0.39, 0.29) is 11.8 Å². The molecule has 0 radical (unpaired) electrons. The van der Waals surface area contributed by atoms with Crippen molar-refractivity contribution in [3.05, 3.63) is 33.8 Å². The molecule has 21 heavy (non-hydrogen) atoms. The molecule has 1 atom stereocenters. The summed E-state index contributed by atoms with van der Waals surface area (Å²) in [7, 11) is 1.79. The van der Waals surface area contributed by atoms with E-state index < -0.39 is 0 Å². The number of amides is 1. The highest BCUT2D eigenvalue weighted by Gasteiger charge is 2.17. The summed E-state index contributed by atoms with van der Waals surface area (Å²) < 4.78 is 0. The van der Waals surface area contributed by atoms with E-state index in [0.717, 1.165) is 12.0 Å². The van der Waals surface area contributed by atoms with Gasteiger partial charge in [-0.15, -0.1) is 0 Å². The van der Waals surface area contributed by atoms with Crippen molar-refractivity contribution in [1.29, 1.82) is 0 Å². The molecule has 5 heteroatoms. The maximum absolute atomic E-state index is 12.3. The van der Waals surface area contributed by atoms with Gasteiger partial charge in [-0.25, -0.2) is 0 Å². The van der Waals surface area contributed by atoms with E-state index in [1.54, 1.807) is 18.0 Å². The number of carbonyl (C=O) groups excluding carboxylic acids is 1. The molecule has 1 aromatic rings. The first-order chi connectivity index (χ1) is 9.81. The molecule has 0 aliphatic carbocycles. The second-order valence-corrected chi connectivity index (χ2v) is 6.84. The van der Waals surface area contributed by atoms with Crippen molar-refractivity contribution >= 4 is 29.1 Å². The minimum absolute atomic E-state index is 0.0993. The minimum Gasteiger partial charge on any atom is -0.341 e. The lowest BCUT2D eigenvalue weighted by Gasteiger charge is -2.22. The van der Waals surface area contributed by atoms with Gasteiger partial charge < -0.3 is 10.6 Å². The van der Waals surface area contributed by atoms with E-state index in [9.17, 15) is 4.79 Å². The highest BCUT2D eigenvalue weighted by atomic mass is 35.5. The van der Waals surface area contributed by atoms with E-state index in [0.29, 0.717) is 35.5 Å². The molecule has 2 N–H and O–H groups in total. The normalized spacial score (nSPS) is 12.5. The monoisotopic (exact) mass is 330 g/mol. The average molecular weight is 331 g/mol. The van der Waals surface area contributed by atoms with Crippen molar-refractivity contribution < 1.29 is 4.79 Å². The Labute approximate surface area is 137 Å². The van der Waals surface area contributed by atoms with Crippen molar-refractivity contribution in [2.45, 2.75) is 33.2 Å². The smallest absolute Gasteiger partial charge is 0.222 e. The molecule has 0 heterocycles. The highest BCUT2D eigenvalue weighted by molar-refractivity contribution is 6.34. The van der Waals surface area contributed by atoms with Gasteiger partial charge in [0.25, 0.3) is 0 Å². The fourth-order valence-corrected chi connectivity index (χ4v) is 2.97. The molecule has 1 aromatic carbocycles. The zero-order chi connectivity index (χ0) is 16.0. The summed E-state index contributed by atoms with van der Waals surface area (Å²) in [5.74, 6) is 0.883. The van der Waals surface area contributed by atoms with Gasteiger partial charge >= 0.3 is 0 Å². The van der Waals surface area contributed by atoms with Crippen LogP contribution in [0.25, 0.3) is 0 Å². The van der Waals surface area contributed by atoms with Gasteiger partial charge in [-0.05, 0) is 48.6 Å². The van der Waals surface area contributed by atoms with Crippen LogP contribution in [0, 0.1) is 11.8 Å². The summed E-state index contributed by atoms with van der Waals surface area (Å²) in [5.41, 5.74) is 6.68. The molecule has 0 saturated heterocycles. The van der Waals surface area contributed by atoms with Crippen LogP contribution in [0.5, 0.6) is 0 Å². The van der Waals surface area contributed by atoms with Gasteiger partial charge in [0, 0.05) is 30.1 Å². The quantitative estimate of drug-likeness (QED) is 0.822. The second-order valence-electron chi connectivity index (χ2n) is 5.96. The van der Waals surface area contributed by atoms with Crippen molar-refractivity contribution in [2.24, 2.45) is 17.6 Å². The number of hydrogen-bond donors (Lipinski definition) is 1. The number of hydrogen-bond acceptors (Lipinski definition) is 2. The van der Waals surface area contributed by atoms with Crippen LogP contribution in [0.15, 0.2) is 18.2 Å². The Bertz CT molecular complexity index is 457. The van der Waals surface area contributed by atoms with E-state index in [4.69, 9.17) is 28.9 Å². The molecular weight excluding hydrogens is 307 g/mol. The molecule has 0 spiro atoms. The molecule has 1 amide bonds. The Morgan fingerprint density at radius 3 is 2.29 bits per heavy atom. The Morgan fingerprint density at radius 1 is 1.24 bits per heavy atom. The number of carbonyl (C=O) groups is 1. The molecule has 0 aliphatic rings. The summed E-state index contributed by atoms with van der Waals surface area (Å²) >= 11 is 11.9. The Kier molecular flexibility index (Phi) is 7.50. The molecule has 118 valence electrons. The molecule has 1 unspecified atom stereocenters. The standard InChI is InChI=1S/C16H24Cl2N2O/c1-11(2)4-12(9-19)7-16(21)20(3)10-13-5-14(17)8-15(18)6-13/h5-6,8,11-12H,4,7,9-10,19H2,1-3H3. The van der Waals surface area contributed by atoms with E-state index >= 15 is 0 Å². The summed E-state index contributed by atoms with van der Waals surface area (Å²) in [6.45, 7) is 5.33. The third-order valence-electron chi connectivity index (χ3n) is 3.37. The van der Waals surface area contributed by atoms with Crippen molar-refractivity contribution in [3.63, 3.8) is 0 Å². The fourth-order valence-electron chi connectivity index (χ4n) is 2.40. The third-order valence-corrected chi connectivity index (χ3v) is 3.81. The number of halogens is 2. The molecule has 1 rings (SSSR count). The van der Waals surface area contributed by atoms with Crippen molar-refractivity contribution in [2.75, 3.05) is 13.6 Å². The van der Waals surface area contributed by atoms with Crippen LogP contribution in [0.3, 0.4) is 0 Å². The topological polar surface area (TPSA) is 46.3 Å². The number of rotatable bonds is 7. The lowest BCUT2D eigenvalue weighted by molar-refractivity contribution is -0.131. The first-order valence-electron chi connectivity index (χ1n) is 7.20. The zero-order valence-corrected chi connectivity index (χ0v) is 14.4. The van der Waals surface area contributed by atoms with E-state index in [1.807, 2.05) is 12.1 Å². The van der Waals surface area contributed by atoms with Crippen LogP contribution in [-0.2, 0) is 11.3 Å². The Hall–Kier alpha value is -0.770. The molecule has 0 fully saturated rings. The van der Waals surface area contributed by atoms with Gasteiger partial charge in [0.2, 0.25) is 5.91 Å². The van der Waals surface area contributed by atoms with Crippen molar-refractivity contribution in [1.82, 2.24) is 4.90 Å². The number of nitrogens with two attached hydrogens (primary N) is 1. The first kappa shape index (κ1) is 18.3. The van der Waals surface area contributed by atoms with Crippen LogP contribution in [0.4, 0.5) is 0 Å².